The molecule has 0 bridgehead atoms. The molecule has 1 aromatic carbocycles. The highest BCUT2D eigenvalue weighted by Gasteiger charge is 2.25. The van der Waals surface area contributed by atoms with E-state index in [1.54, 1.807) is 12.1 Å². The van der Waals surface area contributed by atoms with E-state index in [4.69, 9.17) is 0 Å². The van der Waals surface area contributed by atoms with Crippen molar-refractivity contribution in [1.29, 1.82) is 0 Å². The van der Waals surface area contributed by atoms with Crippen LogP contribution in [0.15, 0.2) is 33.0 Å². The van der Waals surface area contributed by atoms with Gasteiger partial charge in [0.1, 0.15) is 0 Å². The summed E-state index contributed by atoms with van der Waals surface area (Å²) < 4.78 is 24.4. The first-order chi connectivity index (χ1) is 6.00. The average Bonchev–Trinajstić information content (AvgIpc) is 2.23. The predicted octanol–water partition coefficient (Wildman–Crippen LogP) is 2.93. The topological polar surface area (TPSA) is 34.1 Å². The summed E-state index contributed by atoms with van der Waals surface area (Å²) in [5.41, 5.74) is 0.725. The summed E-state index contributed by atoms with van der Waals surface area (Å²) in [6, 6.07) is 5.19. The molecule has 13 heavy (non-hydrogen) atoms. The Bertz CT molecular complexity index is 503. The Balaban J connectivity index is 2.83. The van der Waals surface area contributed by atoms with E-state index in [2.05, 4.69) is 31.9 Å². The van der Waals surface area contributed by atoms with Gasteiger partial charge in [-0.05, 0) is 28.1 Å². The van der Waals surface area contributed by atoms with Crippen LogP contribution in [0.2, 0.25) is 0 Å². The highest BCUT2D eigenvalue weighted by Crippen LogP contribution is 2.37. The largest absolute Gasteiger partial charge is 0.219 e. The Morgan fingerprint density at radius 2 is 1.85 bits per heavy atom. The van der Waals surface area contributed by atoms with Gasteiger partial charge in [-0.15, -0.1) is 0 Å². The Morgan fingerprint density at radius 3 is 2.54 bits per heavy atom. The Hall–Kier alpha value is -0.130. The van der Waals surface area contributed by atoms with E-state index >= 15 is 0 Å². The average molecular weight is 324 g/mol. The molecule has 0 saturated heterocycles. The van der Waals surface area contributed by atoms with Gasteiger partial charge in [-0.1, -0.05) is 22.0 Å². The fraction of sp³-hybridized carbons (Fsp3) is 0. The SMILES string of the molecule is O=S1(=O)C=C(Br)c2ccc(Br)cc21. The first-order valence-electron chi connectivity index (χ1n) is 3.43. The van der Waals surface area contributed by atoms with Crippen LogP contribution in [0.4, 0.5) is 0 Å². The van der Waals surface area contributed by atoms with Crippen molar-refractivity contribution in [3.8, 4) is 0 Å². The van der Waals surface area contributed by atoms with Gasteiger partial charge < -0.3 is 0 Å². The van der Waals surface area contributed by atoms with Gasteiger partial charge in [-0.2, -0.15) is 0 Å². The van der Waals surface area contributed by atoms with Crippen LogP contribution in [-0.2, 0) is 9.84 Å². The van der Waals surface area contributed by atoms with E-state index in [-0.39, 0.29) is 0 Å². The van der Waals surface area contributed by atoms with Crippen molar-refractivity contribution in [1.82, 2.24) is 0 Å². The maximum absolute atomic E-state index is 11.5. The molecule has 0 amide bonds. The molecule has 1 aromatic rings. The number of rotatable bonds is 0. The van der Waals surface area contributed by atoms with E-state index in [1.807, 2.05) is 6.07 Å². The Kier molecular flexibility index (Phi) is 2.13. The Labute approximate surface area is 92.8 Å². The molecule has 0 spiro atoms. The second kappa shape index (κ2) is 2.93. The molecule has 0 radical (unpaired) electrons. The van der Waals surface area contributed by atoms with Crippen LogP contribution in [0, 0.1) is 0 Å². The molecule has 68 valence electrons. The fourth-order valence-electron chi connectivity index (χ4n) is 1.19. The van der Waals surface area contributed by atoms with Crippen molar-refractivity contribution < 1.29 is 8.42 Å². The maximum Gasteiger partial charge on any atom is 0.201 e. The predicted molar refractivity (Wildman–Crippen MR) is 58.2 cm³/mol. The third-order valence-corrected chi connectivity index (χ3v) is 4.72. The first kappa shape index (κ1) is 9.43. The molecule has 5 heteroatoms. The van der Waals surface area contributed by atoms with Gasteiger partial charge >= 0.3 is 0 Å². The highest BCUT2D eigenvalue weighted by molar-refractivity contribution is 9.15. The number of hydrogen-bond acceptors (Lipinski definition) is 2. The number of benzene rings is 1. The molecule has 0 aromatic heterocycles. The zero-order valence-corrected chi connectivity index (χ0v) is 10.3. The first-order valence-corrected chi connectivity index (χ1v) is 6.56. The fourth-order valence-corrected chi connectivity index (χ4v) is 4.22. The lowest BCUT2D eigenvalue weighted by Gasteiger charge is -1.98. The van der Waals surface area contributed by atoms with Crippen molar-refractivity contribution in [2.45, 2.75) is 4.90 Å². The van der Waals surface area contributed by atoms with Gasteiger partial charge in [-0.25, -0.2) is 8.42 Å². The maximum atomic E-state index is 11.5. The summed E-state index contributed by atoms with van der Waals surface area (Å²) >= 11 is 6.44. The smallest absolute Gasteiger partial charge is 0.201 e. The lowest BCUT2D eigenvalue weighted by atomic mass is 10.2. The molecule has 1 aliphatic rings. The van der Waals surface area contributed by atoms with E-state index < -0.39 is 9.84 Å². The van der Waals surface area contributed by atoms with Crippen molar-refractivity contribution in [2.24, 2.45) is 0 Å². The van der Waals surface area contributed by atoms with Crippen LogP contribution in [0.5, 0.6) is 0 Å². The summed E-state index contributed by atoms with van der Waals surface area (Å²) in [6.07, 6.45) is 0. The van der Waals surface area contributed by atoms with Crippen LogP contribution in [0.3, 0.4) is 0 Å². The lowest BCUT2D eigenvalue weighted by Crippen LogP contribution is -1.92. The van der Waals surface area contributed by atoms with Crippen LogP contribution in [0.1, 0.15) is 5.56 Å². The van der Waals surface area contributed by atoms with E-state index in [1.165, 1.54) is 5.41 Å². The molecular formula is C8H4Br2O2S. The molecule has 0 atom stereocenters. The molecule has 0 aliphatic carbocycles. The monoisotopic (exact) mass is 322 g/mol. The summed E-state index contributed by atoms with van der Waals surface area (Å²) in [6.45, 7) is 0. The van der Waals surface area contributed by atoms with Gasteiger partial charge in [0.05, 0.1) is 10.3 Å². The van der Waals surface area contributed by atoms with Gasteiger partial charge in [0.25, 0.3) is 0 Å². The van der Waals surface area contributed by atoms with Crippen LogP contribution in [0.25, 0.3) is 4.48 Å². The minimum Gasteiger partial charge on any atom is -0.219 e. The van der Waals surface area contributed by atoms with Crippen molar-refractivity contribution in [3.05, 3.63) is 33.6 Å². The second-order valence-corrected chi connectivity index (χ2v) is 6.19. The van der Waals surface area contributed by atoms with Crippen molar-refractivity contribution >= 4 is 46.2 Å². The lowest BCUT2D eigenvalue weighted by molar-refractivity contribution is 0.605. The molecule has 0 unspecified atom stereocenters. The third-order valence-electron chi connectivity index (χ3n) is 1.77. The van der Waals surface area contributed by atoms with Crippen LogP contribution < -0.4 is 0 Å². The molecule has 2 nitrogen and oxygen atoms in total. The molecule has 1 aliphatic heterocycles. The quantitative estimate of drug-likeness (QED) is 0.735. The van der Waals surface area contributed by atoms with Crippen LogP contribution >= 0.6 is 31.9 Å². The zero-order valence-electron chi connectivity index (χ0n) is 6.29. The standard InChI is InChI=1S/C8H4Br2O2S/c9-5-1-2-6-7(10)4-13(11,12)8(6)3-5/h1-4H. The molecular weight excluding hydrogens is 320 g/mol. The minimum atomic E-state index is -3.22. The summed E-state index contributed by atoms with van der Waals surface area (Å²) in [5.74, 6) is 0. The highest BCUT2D eigenvalue weighted by atomic mass is 79.9. The second-order valence-electron chi connectivity index (χ2n) is 2.65. The van der Waals surface area contributed by atoms with Gasteiger partial charge in [0.2, 0.25) is 9.84 Å². The number of sulfone groups is 1. The molecule has 0 saturated carbocycles. The number of fused-ring (bicyclic) bond motifs is 1. The Morgan fingerprint density at radius 1 is 1.15 bits per heavy atom. The summed E-state index contributed by atoms with van der Waals surface area (Å²) in [4.78, 5) is 0.355. The van der Waals surface area contributed by atoms with Crippen LogP contribution in [-0.4, -0.2) is 8.42 Å². The molecule has 1 heterocycles. The van der Waals surface area contributed by atoms with E-state index in [0.717, 1.165) is 10.0 Å². The molecule has 2 rings (SSSR count). The van der Waals surface area contributed by atoms with Crippen molar-refractivity contribution in [3.63, 3.8) is 0 Å². The van der Waals surface area contributed by atoms with Gasteiger partial charge in [0, 0.05) is 14.5 Å². The normalized spacial score (nSPS) is 18.2. The zero-order chi connectivity index (χ0) is 9.64. The molecule has 0 N–H and O–H groups in total. The minimum absolute atomic E-state index is 0.355. The number of halogens is 2. The van der Waals surface area contributed by atoms with E-state index in [0.29, 0.717) is 9.38 Å². The van der Waals surface area contributed by atoms with Crippen molar-refractivity contribution in [2.75, 3.05) is 0 Å². The number of hydrogen-bond donors (Lipinski definition) is 0. The third kappa shape index (κ3) is 1.49. The van der Waals surface area contributed by atoms with Gasteiger partial charge in [-0.3, -0.25) is 0 Å². The summed E-state index contributed by atoms with van der Waals surface area (Å²) in [7, 11) is -3.22. The molecule has 0 fully saturated rings. The van der Waals surface area contributed by atoms with Gasteiger partial charge in [0.15, 0.2) is 0 Å². The summed E-state index contributed by atoms with van der Waals surface area (Å²) in [5, 5.41) is 1.23. The van der Waals surface area contributed by atoms with E-state index in [9.17, 15) is 8.42 Å².